The SMILES string of the molecule is Cc1cccc(N=N/C(=N\n2c(C)nc3ccccc3c2=O)c2c(-c3ccccc3)[nH]c3ccccc23)c1. The summed E-state index contributed by atoms with van der Waals surface area (Å²) < 4.78 is 1.31. The number of benzene rings is 4. The van der Waals surface area contributed by atoms with Gasteiger partial charge >= 0.3 is 0 Å². The molecule has 0 saturated carbocycles. The summed E-state index contributed by atoms with van der Waals surface area (Å²) in [6, 6.07) is 33.0. The number of H-pyrrole nitrogens is 1. The van der Waals surface area contributed by atoms with Crippen molar-refractivity contribution in [2.75, 3.05) is 0 Å². The quantitative estimate of drug-likeness (QED) is 0.159. The molecule has 7 nitrogen and oxygen atoms in total. The normalized spacial score (nSPS) is 12.1. The molecule has 1 N–H and O–H groups in total. The monoisotopic (exact) mass is 496 g/mol. The van der Waals surface area contributed by atoms with Crippen molar-refractivity contribution in [1.29, 1.82) is 0 Å². The Morgan fingerprint density at radius 2 is 1.55 bits per heavy atom. The fourth-order valence-corrected chi connectivity index (χ4v) is 4.56. The Kier molecular flexibility index (Phi) is 5.94. The fraction of sp³-hybridized carbons (Fsp3) is 0.0645. The van der Waals surface area contributed by atoms with E-state index in [1.54, 1.807) is 13.0 Å². The summed E-state index contributed by atoms with van der Waals surface area (Å²) in [7, 11) is 0. The Morgan fingerprint density at radius 1 is 0.816 bits per heavy atom. The molecule has 184 valence electrons. The maximum Gasteiger partial charge on any atom is 0.282 e. The third kappa shape index (κ3) is 4.30. The van der Waals surface area contributed by atoms with Crippen molar-refractivity contribution in [2.45, 2.75) is 13.8 Å². The molecule has 0 aliphatic carbocycles. The van der Waals surface area contributed by atoms with Crippen LogP contribution in [0, 0.1) is 13.8 Å². The highest BCUT2D eigenvalue weighted by Crippen LogP contribution is 2.32. The second-order valence-electron chi connectivity index (χ2n) is 9.04. The van der Waals surface area contributed by atoms with Gasteiger partial charge in [-0.15, -0.1) is 15.3 Å². The van der Waals surface area contributed by atoms with Gasteiger partial charge in [-0.1, -0.05) is 72.8 Å². The second-order valence-corrected chi connectivity index (χ2v) is 9.04. The molecular weight excluding hydrogens is 472 g/mol. The van der Waals surface area contributed by atoms with Crippen molar-refractivity contribution in [3.63, 3.8) is 0 Å². The Bertz CT molecular complexity index is 1910. The summed E-state index contributed by atoms with van der Waals surface area (Å²) in [6.45, 7) is 3.77. The lowest BCUT2D eigenvalue weighted by Gasteiger charge is -2.09. The van der Waals surface area contributed by atoms with Crippen LogP contribution in [0.25, 0.3) is 33.1 Å². The standard InChI is InChI=1S/C31H24N6O/c1-20-11-10-14-23(19-20)34-35-30(36-37-21(2)32-27-18-9-7-16-25(27)31(37)38)28-24-15-6-8-17-26(24)33-29(28)22-12-4-3-5-13-22/h3-19,33H,1-2H3/b35-34?,36-30-. The van der Waals surface area contributed by atoms with Gasteiger partial charge in [-0.3, -0.25) is 4.79 Å². The van der Waals surface area contributed by atoms with Gasteiger partial charge in [0.15, 0.2) is 0 Å². The number of amidine groups is 1. The van der Waals surface area contributed by atoms with Crippen LogP contribution < -0.4 is 5.56 Å². The van der Waals surface area contributed by atoms with Gasteiger partial charge in [0, 0.05) is 10.9 Å². The van der Waals surface area contributed by atoms with Gasteiger partial charge in [0.25, 0.3) is 5.56 Å². The number of hydrogen-bond acceptors (Lipinski definition) is 4. The first kappa shape index (κ1) is 23.2. The Balaban J connectivity index is 1.65. The molecule has 2 aromatic heterocycles. The van der Waals surface area contributed by atoms with Gasteiger partial charge in [0.1, 0.15) is 5.82 Å². The van der Waals surface area contributed by atoms with Gasteiger partial charge in [0.2, 0.25) is 5.84 Å². The summed E-state index contributed by atoms with van der Waals surface area (Å²) in [5.41, 5.74) is 5.62. The van der Waals surface area contributed by atoms with E-state index in [0.29, 0.717) is 28.3 Å². The zero-order valence-electron chi connectivity index (χ0n) is 21.0. The zero-order valence-corrected chi connectivity index (χ0v) is 21.0. The van der Waals surface area contributed by atoms with Crippen LogP contribution in [0.4, 0.5) is 5.69 Å². The first-order valence-corrected chi connectivity index (χ1v) is 12.3. The van der Waals surface area contributed by atoms with Crippen LogP contribution >= 0.6 is 0 Å². The van der Waals surface area contributed by atoms with Gasteiger partial charge < -0.3 is 4.98 Å². The smallest absolute Gasteiger partial charge is 0.282 e. The maximum atomic E-state index is 13.5. The highest BCUT2D eigenvalue weighted by Gasteiger charge is 2.20. The van der Waals surface area contributed by atoms with Crippen LogP contribution in [0.3, 0.4) is 0 Å². The van der Waals surface area contributed by atoms with E-state index in [0.717, 1.165) is 33.3 Å². The lowest BCUT2D eigenvalue weighted by atomic mass is 10.0. The van der Waals surface area contributed by atoms with Crippen LogP contribution in [0.1, 0.15) is 17.0 Å². The summed E-state index contributed by atoms with van der Waals surface area (Å²) in [4.78, 5) is 21.7. The molecule has 7 heteroatoms. The average molecular weight is 497 g/mol. The average Bonchev–Trinajstić information content (AvgIpc) is 3.33. The number of para-hydroxylation sites is 2. The van der Waals surface area contributed by atoms with Crippen LogP contribution in [0.2, 0.25) is 0 Å². The van der Waals surface area contributed by atoms with Gasteiger partial charge in [-0.05, 0) is 55.3 Å². The number of nitrogens with one attached hydrogen (secondary N) is 1. The Morgan fingerprint density at radius 3 is 2.37 bits per heavy atom. The number of aryl methyl sites for hydroxylation is 2. The van der Waals surface area contributed by atoms with Crippen molar-refractivity contribution in [2.24, 2.45) is 15.3 Å². The van der Waals surface area contributed by atoms with E-state index in [-0.39, 0.29) is 5.56 Å². The van der Waals surface area contributed by atoms with Crippen LogP contribution in [0.5, 0.6) is 0 Å². The topological polar surface area (TPSA) is 87.8 Å². The van der Waals surface area contributed by atoms with E-state index >= 15 is 0 Å². The predicted octanol–water partition coefficient (Wildman–Crippen LogP) is 7.16. The molecule has 0 bridgehead atoms. The molecule has 0 fully saturated rings. The molecular formula is C31H24N6O. The molecule has 6 aromatic rings. The van der Waals surface area contributed by atoms with Gasteiger partial charge in [0.05, 0.1) is 27.8 Å². The first-order valence-electron chi connectivity index (χ1n) is 12.3. The van der Waals surface area contributed by atoms with Crippen molar-refractivity contribution in [1.82, 2.24) is 14.6 Å². The van der Waals surface area contributed by atoms with Crippen molar-refractivity contribution in [3.05, 3.63) is 130 Å². The lowest BCUT2D eigenvalue weighted by molar-refractivity contribution is 0.764. The molecule has 0 radical (unpaired) electrons. The third-order valence-corrected chi connectivity index (χ3v) is 6.36. The van der Waals surface area contributed by atoms with Crippen molar-refractivity contribution >= 4 is 33.3 Å². The second kappa shape index (κ2) is 9.71. The van der Waals surface area contributed by atoms with E-state index in [1.165, 1.54) is 4.68 Å². The van der Waals surface area contributed by atoms with Gasteiger partial charge in [-0.25, -0.2) is 4.98 Å². The molecule has 0 spiro atoms. The molecule has 4 aromatic carbocycles. The minimum Gasteiger partial charge on any atom is -0.354 e. The number of hydrogen-bond donors (Lipinski definition) is 1. The summed E-state index contributed by atoms with van der Waals surface area (Å²) in [5, 5.41) is 15.4. The summed E-state index contributed by atoms with van der Waals surface area (Å²) in [5.74, 6) is 0.753. The van der Waals surface area contributed by atoms with E-state index in [4.69, 9.17) is 5.10 Å². The molecule has 0 saturated heterocycles. The first-order chi connectivity index (χ1) is 18.6. The molecule has 2 heterocycles. The van der Waals surface area contributed by atoms with E-state index in [2.05, 4.69) is 20.2 Å². The maximum absolute atomic E-state index is 13.5. The molecule has 0 aliphatic rings. The molecule has 0 unspecified atom stereocenters. The third-order valence-electron chi connectivity index (χ3n) is 6.36. The molecule has 0 atom stereocenters. The minimum absolute atomic E-state index is 0.266. The molecule has 0 aliphatic heterocycles. The van der Waals surface area contributed by atoms with Gasteiger partial charge in [-0.2, -0.15) is 4.68 Å². The summed E-state index contributed by atoms with van der Waals surface area (Å²) >= 11 is 0. The number of azo groups is 1. The molecule has 6 rings (SSSR count). The summed E-state index contributed by atoms with van der Waals surface area (Å²) in [6.07, 6.45) is 0. The highest BCUT2D eigenvalue weighted by atomic mass is 16.1. The van der Waals surface area contributed by atoms with Crippen LogP contribution in [-0.4, -0.2) is 20.5 Å². The van der Waals surface area contributed by atoms with E-state index < -0.39 is 0 Å². The van der Waals surface area contributed by atoms with E-state index in [1.807, 2.05) is 104 Å². The Hall–Kier alpha value is -5.17. The largest absolute Gasteiger partial charge is 0.354 e. The lowest BCUT2D eigenvalue weighted by Crippen LogP contribution is -2.22. The number of fused-ring (bicyclic) bond motifs is 2. The Labute approximate surface area is 218 Å². The fourth-order valence-electron chi connectivity index (χ4n) is 4.56. The predicted molar refractivity (Wildman–Crippen MR) is 152 cm³/mol. The number of nitrogens with zero attached hydrogens (tertiary/aromatic N) is 5. The number of aromatic amines is 1. The van der Waals surface area contributed by atoms with Crippen molar-refractivity contribution < 1.29 is 0 Å². The highest BCUT2D eigenvalue weighted by molar-refractivity contribution is 6.15. The van der Waals surface area contributed by atoms with Crippen molar-refractivity contribution in [3.8, 4) is 11.3 Å². The number of aromatic nitrogens is 3. The molecule has 38 heavy (non-hydrogen) atoms. The number of rotatable bonds is 4. The minimum atomic E-state index is -0.266. The molecule has 0 amide bonds. The van der Waals surface area contributed by atoms with Crippen LogP contribution in [-0.2, 0) is 0 Å². The van der Waals surface area contributed by atoms with E-state index in [9.17, 15) is 4.79 Å². The zero-order chi connectivity index (χ0) is 26.1. The van der Waals surface area contributed by atoms with Crippen LogP contribution in [0.15, 0.2) is 123 Å².